The van der Waals surface area contributed by atoms with Gasteiger partial charge >= 0.3 is 0 Å². The molecule has 5 nitrogen and oxygen atoms in total. The highest BCUT2D eigenvalue weighted by Gasteiger charge is 2.26. The van der Waals surface area contributed by atoms with Gasteiger partial charge in [-0.1, -0.05) is 43.7 Å². The van der Waals surface area contributed by atoms with E-state index in [0.29, 0.717) is 16.8 Å². The first kappa shape index (κ1) is 21.3. The van der Waals surface area contributed by atoms with Crippen LogP contribution in [-0.4, -0.2) is 19.0 Å². The molecule has 29 heavy (non-hydrogen) atoms. The molecule has 6 heteroatoms. The number of nitrogens with zero attached hydrogens (tertiary/aromatic N) is 1. The highest BCUT2D eigenvalue weighted by molar-refractivity contribution is 7.89. The van der Waals surface area contributed by atoms with Crippen molar-refractivity contribution in [1.29, 1.82) is 0 Å². The Hall–Kier alpha value is -2.44. The molecule has 3 aromatic rings. The van der Waals surface area contributed by atoms with E-state index in [1.807, 2.05) is 69.5 Å². The standard InChI is InChI=1S/C23H28N2O3S/c1-15(2)20(14-25-11-10-22(26)19-8-6-7-9-21(19)25)24-29(27,28)23-17(4)12-16(3)13-18(23)5/h6-13,15,20,24H,14H2,1-5H3. The van der Waals surface area contributed by atoms with Gasteiger partial charge in [0, 0.05) is 30.2 Å². The summed E-state index contributed by atoms with van der Waals surface area (Å²) in [5.74, 6) is 0.0639. The summed E-state index contributed by atoms with van der Waals surface area (Å²) in [4.78, 5) is 12.5. The number of hydrogen-bond acceptors (Lipinski definition) is 3. The Morgan fingerprint density at radius 1 is 1.00 bits per heavy atom. The minimum Gasteiger partial charge on any atom is -0.346 e. The highest BCUT2D eigenvalue weighted by Crippen LogP contribution is 2.23. The molecule has 0 bridgehead atoms. The molecule has 1 atom stereocenters. The molecule has 0 spiro atoms. The van der Waals surface area contributed by atoms with Crippen LogP contribution in [-0.2, 0) is 16.6 Å². The molecular weight excluding hydrogens is 384 g/mol. The Kier molecular flexibility index (Phi) is 5.96. The maximum absolute atomic E-state index is 13.2. The summed E-state index contributed by atoms with van der Waals surface area (Å²) < 4.78 is 31.3. The first-order valence-electron chi connectivity index (χ1n) is 9.78. The van der Waals surface area contributed by atoms with E-state index < -0.39 is 10.0 Å². The predicted octanol–water partition coefficient (Wildman–Crippen LogP) is 3.93. The van der Waals surface area contributed by atoms with E-state index in [9.17, 15) is 13.2 Å². The summed E-state index contributed by atoms with van der Waals surface area (Å²) in [5, 5.41) is 0.630. The number of benzene rings is 2. The second kappa shape index (κ2) is 8.13. The Labute approximate surface area is 172 Å². The smallest absolute Gasteiger partial charge is 0.241 e. The molecule has 154 valence electrons. The first-order valence-corrected chi connectivity index (χ1v) is 11.3. The molecule has 3 rings (SSSR count). The van der Waals surface area contributed by atoms with E-state index in [4.69, 9.17) is 0 Å². The molecule has 0 aliphatic heterocycles. The van der Waals surface area contributed by atoms with Crippen molar-refractivity contribution in [3.63, 3.8) is 0 Å². The lowest BCUT2D eigenvalue weighted by molar-refractivity contribution is 0.402. The number of nitrogens with one attached hydrogen (secondary N) is 1. The molecule has 0 amide bonds. The summed E-state index contributed by atoms with van der Waals surface area (Å²) in [6, 6.07) is 12.4. The van der Waals surface area contributed by atoms with Crippen molar-refractivity contribution in [3.05, 3.63) is 75.6 Å². The largest absolute Gasteiger partial charge is 0.346 e. The van der Waals surface area contributed by atoms with Gasteiger partial charge in [-0.2, -0.15) is 0 Å². The Bertz CT molecular complexity index is 1190. The van der Waals surface area contributed by atoms with Gasteiger partial charge in [0.25, 0.3) is 0 Å². The SMILES string of the molecule is Cc1cc(C)c(S(=O)(=O)NC(Cn2ccc(=O)c3ccccc32)C(C)C)c(C)c1. The molecule has 0 saturated heterocycles. The Morgan fingerprint density at radius 3 is 2.24 bits per heavy atom. The minimum absolute atomic E-state index is 0.0376. The van der Waals surface area contributed by atoms with Crippen LogP contribution in [0, 0.1) is 26.7 Å². The van der Waals surface area contributed by atoms with E-state index in [1.165, 1.54) is 6.07 Å². The van der Waals surface area contributed by atoms with Crippen LogP contribution in [0.15, 0.2) is 58.4 Å². The molecule has 1 aromatic heterocycles. The fraction of sp³-hybridized carbons (Fsp3) is 0.348. The molecule has 0 radical (unpaired) electrons. The lowest BCUT2D eigenvalue weighted by atomic mass is 10.1. The summed E-state index contributed by atoms with van der Waals surface area (Å²) in [6.07, 6.45) is 1.73. The Morgan fingerprint density at radius 2 is 1.62 bits per heavy atom. The topological polar surface area (TPSA) is 68.2 Å². The third-order valence-corrected chi connectivity index (χ3v) is 7.06. The number of fused-ring (bicyclic) bond motifs is 1. The molecule has 0 saturated carbocycles. The van der Waals surface area contributed by atoms with Gasteiger partial charge in [0.1, 0.15) is 0 Å². The molecule has 1 heterocycles. The van der Waals surface area contributed by atoms with Crippen molar-refractivity contribution in [2.45, 2.75) is 52.1 Å². The molecule has 2 aromatic carbocycles. The molecule has 0 fully saturated rings. The van der Waals surface area contributed by atoms with E-state index in [2.05, 4.69) is 4.72 Å². The fourth-order valence-electron chi connectivity index (χ4n) is 3.86. The lowest BCUT2D eigenvalue weighted by Crippen LogP contribution is -2.42. The molecule has 1 unspecified atom stereocenters. The van der Waals surface area contributed by atoms with Gasteiger partial charge in [-0.25, -0.2) is 13.1 Å². The lowest BCUT2D eigenvalue weighted by Gasteiger charge is -2.25. The van der Waals surface area contributed by atoms with Crippen LogP contribution in [0.2, 0.25) is 0 Å². The molecule has 1 N–H and O–H groups in total. The van der Waals surface area contributed by atoms with Crippen molar-refractivity contribution < 1.29 is 8.42 Å². The predicted molar refractivity (Wildman–Crippen MR) is 118 cm³/mol. The van der Waals surface area contributed by atoms with Crippen LogP contribution in [0.25, 0.3) is 10.9 Å². The number of sulfonamides is 1. The molecule has 0 aliphatic rings. The van der Waals surface area contributed by atoms with Crippen molar-refractivity contribution >= 4 is 20.9 Å². The molecular formula is C23H28N2O3S. The minimum atomic E-state index is -3.69. The monoisotopic (exact) mass is 412 g/mol. The normalized spacial score (nSPS) is 13.2. The number of hydrogen-bond donors (Lipinski definition) is 1. The quantitative estimate of drug-likeness (QED) is 0.667. The number of pyridine rings is 1. The first-order chi connectivity index (χ1) is 13.6. The maximum Gasteiger partial charge on any atom is 0.241 e. The molecule has 0 aliphatic carbocycles. The van der Waals surface area contributed by atoms with Crippen molar-refractivity contribution in [3.8, 4) is 0 Å². The van der Waals surface area contributed by atoms with Crippen LogP contribution < -0.4 is 10.2 Å². The average Bonchev–Trinajstić information content (AvgIpc) is 2.62. The highest BCUT2D eigenvalue weighted by atomic mass is 32.2. The summed E-state index contributed by atoms with van der Waals surface area (Å²) >= 11 is 0. The second-order valence-electron chi connectivity index (χ2n) is 8.05. The number of aryl methyl sites for hydroxylation is 3. The second-order valence-corrected chi connectivity index (χ2v) is 9.70. The summed E-state index contributed by atoms with van der Waals surface area (Å²) in [7, 11) is -3.69. The Balaban J connectivity index is 1.99. The third kappa shape index (κ3) is 4.43. The number of para-hydroxylation sites is 1. The summed E-state index contributed by atoms with van der Waals surface area (Å²) in [6.45, 7) is 10.0. The van der Waals surface area contributed by atoms with Gasteiger partial charge in [-0.15, -0.1) is 0 Å². The van der Waals surface area contributed by atoms with Gasteiger partial charge in [0.2, 0.25) is 10.0 Å². The van der Waals surface area contributed by atoms with E-state index in [-0.39, 0.29) is 17.4 Å². The van der Waals surface area contributed by atoms with Gasteiger partial charge in [0.05, 0.1) is 10.4 Å². The van der Waals surface area contributed by atoms with Crippen LogP contribution in [0.1, 0.15) is 30.5 Å². The zero-order valence-corrected chi connectivity index (χ0v) is 18.4. The summed E-state index contributed by atoms with van der Waals surface area (Å²) in [5.41, 5.74) is 3.29. The van der Waals surface area contributed by atoms with Crippen LogP contribution >= 0.6 is 0 Å². The third-order valence-electron chi connectivity index (χ3n) is 5.26. The number of rotatable bonds is 6. The van der Waals surface area contributed by atoms with Crippen molar-refractivity contribution in [2.75, 3.05) is 0 Å². The van der Waals surface area contributed by atoms with Gasteiger partial charge in [-0.05, 0) is 49.9 Å². The zero-order chi connectivity index (χ0) is 21.3. The van der Waals surface area contributed by atoms with Crippen molar-refractivity contribution in [2.24, 2.45) is 5.92 Å². The van der Waals surface area contributed by atoms with Gasteiger partial charge in [-0.3, -0.25) is 4.79 Å². The average molecular weight is 413 g/mol. The van der Waals surface area contributed by atoms with Crippen molar-refractivity contribution in [1.82, 2.24) is 9.29 Å². The fourth-order valence-corrected chi connectivity index (χ4v) is 5.69. The number of aromatic nitrogens is 1. The van der Waals surface area contributed by atoms with Crippen LogP contribution in [0.5, 0.6) is 0 Å². The van der Waals surface area contributed by atoms with E-state index in [0.717, 1.165) is 22.2 Å². The van der Waals surface area contributed by atoms with Crippen LogP contribution in [0.3, 0.4) is 0 Å². The van der Waals surface area contributed by atoms with E-state index in [1.54, 1.807) is 12.3 Å². The van der Waals surface area contributed by atoms with E-state index >= 15 is 0 Å². The van der Waals surface area contributed by atoms with Gasteiger partial charge in [0.15, 0.2) is 5.43 Å². The van der Waals surface area contributed by atoms with Crippen LogP contribution in [0.4, 0.5) is 0 Å². The van der Waals surface area contributed by atoms with Gasteiger partial charge < -0.3 is 4.57 Å². The maximum atomic E-state index is 13.2. The zero-order valence-electron chi connectivity index (χ0n) is 17.6.